The molecule has 52 heavy (non-hydrogen) atoms. The van der Waals surface area contributed by atoms with Crippen LogP contribution in [0.15, 0.2) is 54.9 Å². The van der Waals surface area contributed by atoms with Crippen molar-refractivity contribution in [3.8, 4) is 28.4 Å². The fraction of sp³-hybridized carbons (Fsp3) is 0.447. The van der Waals surface area contributed by atoms with Crippen LogP contribution in [-0.4, -0.2) is 93.2 Å². The van der Waals surface area contributed by atoms with Gasteiger partial charge >= 0.3 is 0 Å². The van der Waals surface area contributed by atoms with Gasteiger partial charge in [0.1, 0.15) is 18.0 Å². The van der Waals surface area contributed by atoms with Gasteiger partial charge in [-0.2, -0.15) is 5.10 Å². The molecule has 2 aromatic carbocycles. The van der Waals surface area contributed by atoms with Gasteiger partial charge in [-0.15, -0.1) is 10.2 Å². The molecule has 0 unspecified atom stereocenters. The molecule has 3 atom stereocenters. The van der Waals surface area contributed by atoms with E-state index < -0.39 is 11.6 Å². The van der Waals surface area contributed by atoms with Crippen molar-refractivity contribution in [1.29, 1.82) is 0 Å². The fourth-order valence-corrected chi connectivity index (χ4v) is 8.48. The molecule has 13 nitrogen and oxygen atoms in total. The Hall–Kier alpha value is -5.24. The van der Waals surface area contributed by atoms with Crippen molar-refractivity contribution < 1.29 is 23.8 Å². The number of ether oxygens (including phenoxy) is 1. The first-order valence-electron chi connectivity index (χ1n) is 18.3. The summed E-state index contributed by atoms with van der Waals surface area (Å²) in [5, 5.41) is 25.4. The van der Waals surface area contributed by atoms with E-state index in [2.05, 4.69) is 53.5 Å². The summed E-state index contributed by atoms with van der Waals surface area (Å²) in [4.78, 5) is 31.6. The number of hydrogen-bond acceptors (Lipinski definition) is 11. The maximum Gasteiger partial charge on any atom is 0.228 e. The number of nitrogens with zero attached hydrogens (tertiary/aromatic N) is 7. The molecule has 0 radical (unpaired) electrons. The van der Waals surface area contributed by atoms with Crippen LogP contribution < -0.4 is 25.6 Å². The highest BCUT2D eigenvalue weighted by Crippen LogP contribution is 2.44. The number of amides is 2. The molecule has 4 aliphatic rings. The van der Waals surface area contributed by atoms with Gasteiger partial charge in [0.15, 0.2) is 17.4 Å². The first-order valence-corrected chi connectivity index (χ1v) is 18.3. The lowest BCUT2D eigenvalue weighted by molar-refractivity contribution is -0.129. The Morgan fingerprint density at radius 3 is 2.62 bits per heavy atom. The normalized spacial score (nSPS) is 23.0. The number of anilines is 3. The van der Waals surface area contributed by atoms with Gasteiger partial charge in [0.05, 0.1) is 36.0 Å². The Morgan fingerprint density at radius 1 is 0.904 bits per heavy atom. The van der Waals surface area contributed by atoms with E-state index in [1.54, 1.807) is 16.8 Å². The molecule has 4 aromatic rings. The minimum atomic E-state index is -0.734. The van der Waals surface area contributed by atoms with E-state index in [1.807, 2.05) is 12.4 Å². The number of para-hydroxylation sites is 2. The van der Waals surface area contributed by atoms with Crippen LogP contribution >= 0.6 is 0 Å². The summed E-state index contributed by atoms with van der Waals surface area (Å²) in [6.07, 6.45) is 10.7. The van der Waals surface area contributed by atoms with E-state index in [0.717, 1.165) is 69.0 Å². The average molecular weight is 710 g/mol. The average Bonchev–Trinajstić information content (AvgIpc) is 3.42. The predicted molar refractivity (Wildman–Crippen MR) is 194 cm³/mol. The van der Waals surface area contributed by atoms with E-state index >= 15 is 0 Å². The molecule has 272 valence electrons. The van der Waals surface area contributed by atoms with Crippen LogP contribution in [0.3, 0.4) is 0 Å². The summed E-state index contributed by atoms with van der Waals surface area (Å²) in [6, 6.07) is 12.9. The molecule has 0 spiro atoms. The van der Waals surface area contributed by atoms with E-state index in [9.17, 15) is 19.1 Å². The van der Waals surface area contributed by atoms with Crippen molar-refractivity contribution in [2.24, 2.45) is 0 Å². The van der Waals surface area contributed by atoms with Crippen molar-refractivity contribution in [2.75, 3.05) is 54.9 Å². The zero-order valence-corrected chi connectivity index (χ0v) is 29.1. The van der Waals surface area contributed by atoms with Gasteiger partial charge in [-0.3, -0.25) is 19.8 Å². The smallest absolute Gasteiger partial charge is 0.228 e. The number of benzene rings is 2. The van der Waals surface area contributed by atoms with E-state index in [-0.39, 0.29) is 29.2 Å². The van der Waals surface area contributed by atoms with Crippen molar-refractivity contribution in [2.45, 2.75) is 69.4 Å². The number of hydrogen-bond donors (Lipinski definition) is 3. The number of aromatic nitrogens is 4. The highest BCUT2D eigenvalue weighted by atomic mass is 19.1. The number of imide groups is 1. The highest BCUT2D eigenvalue weighted by molar-refractivity contribution is 5.96. The first-order chi connectivity index (χ1) is 25.3. The number of phenols is 1. The third kappa shape index (κ3) is 6.74. The number of fused-ring (bicyclic) bond motifs is 1. The Kier molecular flexibility index (Phi) is 9.39. The topological polar surface area (TPSA) is 155 Å². The zero-order chi connectivity index (χ0) is 35.8. The van der Waals surface area contributed by atoms with Gasteiger partial charge < -0.3 is 25.4 Å². The van der Waals surface area contributed by atoms with E-state index in [4.69, 9.17) is 10.5 Å². The number of aromatic hydroxyl groups is 1. The number of phenolic OH excluding ortho intramolecular Hbond substituents is 1. The number of halogens is 1. The summed E-state index contributed by atoms with van der Waals surface area (Å²) in [6.45, 7) is 4.94. The number of nitrogens with one attached hydrogen (secondary N) is 1. The summed E-state index contributed by atoms with van der Waals surface area (Å²) in [5.74, 6) is -0.0689. The second kappa shape index (κ2) is 14.4. The minimum absolute atomic E-state index is 0.0170. The van der Waals surface area contributed by atoms with Gasteiger partial charge in [0.25, 0.3) is 0 Å². The summed E-state index contributed by atoms with van der Waals surface area (Å²) in [7, 11) is 0. The molecular formula is C38H44FN9O4. The first kappa shape index (κ1) is 33.9. The Morgan fingerprint density at radius 2 is 1.75 bits per heavy atom. The summed E-state index contributed by atoms with van der Waals surface area (Å²) < 4.78 is 22.0. The Bertz CT molecular complexity index is 1960. The maximum atomic E-state index is 14.0. The Balaban J connectivity index is 0.899. The van der Waals surface area contributed by atoms with Crippen LogP contribution in [0.2, 0.25) is 0 Å². The molecule has 8 rings (SSSR count). The lowest BCUT2D eigenvalue weighted by Gasteiger charge is -2.39. The quantitative estimate of drug-likeness (QED) is 0.193. The zero-order valence-electron chi connectivity index (χ0n) is 29.1. The number of nitrogen functional groups attached to an aromatic ring is 1. The molecule has 4 N–H and O–H groups in total. The lowest BCUT2D eigenvalue weighted by Crippen LogP contribution is -2.50. The molecule has 14 heteroatoms. The van der Waals surface area contributed by atoms with Crippen LogP contribution in [0.4, 0.5) is 21.6 Å². The number of carbonyl (C=O) groups is 2. The molecule has 2 aromatic heterocycles. The van der Waals surface area contributed by atoms with E-state index in [1.165, 1.54) is 24.1 Å². The number of piperazine rings is 1. The van der Waals surface area contributed by atoms with Gasteiger partial charge in [-0.25, -0.2) is 9.07 Å². The lowest BCUT2D eigenvalue weighted by atomic mass is 9.89. The predicted octanol–water partition coefficient (Wildman–Crippen LogP) is 4.39. The SMILES string of the molecule is Nc1nnc(-c2cccc(F)c2O)cc1-n1cc(N2CCN([C@@H]3CCC[C@@H](c4cccc5c4OCCN5[C@@H]4CCC(=O)NC(=O)C4)CC3)CC2)cn1. The van der Waals surface area contributed by atoms with Gasteiger partial charge in [-0.05, 0) is 67.9 Å². The van der Waals surface area contributed by atoms with Crippen molar-refractivity contribution >= 4 is 29.0 Å². The van der Waals surface area contributed by atoms with Crippen molar-refractivity contribution in [3.05, 3.63) is 66.2 Å². The molecular weight excluding hydrogens is 665 g/mol. The monoisotopic (exact) mass is 709 g/mol. The fourth-order valence-electron chi connectivity index (χ4n) is 8.48. The van der Waals surface area contributed by atoms with Crippen LogP contribution in [0, 0.1) is 5.82 Å². The number of rotatable bonds is 6. The molecule has 2 saturated heterocycles. The minimum Gasteiger partial charge on any atom is -0.504 e. The van der Waals surface area contributed by atoms with Gasteiger partial charge in [-0.1, -0.05) is 24.6 Å². The van der Waals surface area contributed by atoms with Crippen LogP contribution in [-0.2, 0) is 9.59 Å². The largest absolute Gasteiger partial charge is 0.504 e. The molecule has 2 amide bonds. The summed E-state index contributed by atoms with van der Waals surface area (Å²) >= 11 is 0. The van der Waals surface area contributed by atoms with Crippen molar-refractivity contribution in [1.82, 2.24) is 30.2 Å². The second-order valence-corrected chi connectivity index (χ2v) is 14.3. The highest BCUT2D eigenvalue weighted by Gasteiger charge is 2.34. The standard InChI is InChI=1S/C38H44FN9O4/c39-30-8-2-7-29(36(30)51)31-21-33(38(40)44-43-31)48-23-27(22-41-48)46-16-14-45(15-17-46)25-5-1-4-24(10-11-25)28-6-3-9-32-37(28)52-19-18-47(32)26-12-13-34(49)42-35(50)20-26/h2-3,6-9,21-26,51H,1,4-5,10-20H2,(H2,40,44)(H,42,49,50)/t24-,25-,26-/m1/s1. The molecule has 0 bridgehead atoms. The third-order valence-corrected chi connectivity index (χ3v) is 11.2. The molecule has 1 saturated carbocycles. The molecule has 5 heterocycles. The van der Waals surface area contributed by atoms with Gasteiger partial charge in [0, 0.05) is 56.7 Å². The number of carbonyl (C=O) groups excluding carboxylic acids is 2. The second-order valence-electron chi connectivity index (χ2n) is 14.3. The molecule has 3 aliphatic heterocycles. The van der Waals surface area contributed by atoms with Crippen LogP contribution in [0.5, 0.6) is 11.5 Å². The number of nitrogens with two attached hydrogens (primary N) is 1. The van der Waals surface area contributed by atoms with E-state index in [0.29, 0.717) is 55.8 Å². The van der Waals surface area contributed by atoms with Crippen LogP contribution in [0.1, 0.15) is 62.8 Å². The summed E-state index contributed by atoms with van der Waals surface area (Å²) in [5.41, 5.74) is 10.5. The maximum absolute atomic E-state index is 14.0. The molecule has 3 fully saturated rings. The Labute approximate surface area is 301 Å². The van der Waals surface area contributed by atoms with Gasteiger partial charge in [0.2, 0.25) is 11.8 Å². The van der Waals surface area contributed by atoms with Crippen molar-refractivity contribution in [3.63, 3.8) is 0 Å². The third-order valence-electron chi connectivity index (χ3n) is 11.2. The van der Waals surface area contributed by atoms with Crippen LogP contribution in [0.25, 0.3) is 16.9 Å². The molecule has 1 aliphatic carbocycles.